The molecule has 4 nitrogen and oxygen atoms in total. The molecule has 1 aliphatic carbocycles. The van der Waals surface area contributed by atoms with E-state index in [1.165, 1.54) is 5.57 Å². The van der Waals surface area contributed by atoms with Crippen molar-refractivity contribution >= 4 is 11.4 Å². The number of aryl methyl sites for hydroxylation is 1. The fourth-order valence-corrected chi connectivity index (χ4v) is 3.50. The van der Waals surface area contributed by atoms with Crippen LogP contribution in [0.15, 0.2) is 63.7 Å². The third-order valence-electron chi connectivity index (χ3n) is 5.36. The van der Waals surface area contributed by atoms with Crippen LogP contribution in [0, 0.1) is 6.92 Å². The molecule has 1 aliphatic rings. The van der Waals surface area contributed by atoms with Crippen molar-refractivity contribution < 1.29 is 4.39 Å². The molecule has 0 saturated heterocycles. The van der Waals surface area contributed by atoms with Crippen molar-refractivity contribution in [1.29, 1.82) is 0 Å². The summed E-state index contributed by atoms with van der Waals surface area (Å²) in [5, 5.41) is 7.37. The number of hydrogen-bond donors (Lipinski definition) is 2. The Balaban J connectivity index is 2.67. The highest BCUT2D eigenvalue weighted by Crippen LogP contribution is 2.32. The van der Waals surface area contributed by atoms with Crippen LogP contribution in [0.1, 0.15) is 58.6 Å². The Morgan fingerprint density at radius 3 is 2.41 bits per heavy atom. The molecule has 0 saturated carbocycles. The first-order chi connectivity index (χ1) is 13.6. The number of nitrogens with two attached hydrogens (primary N) is 1. The van der Waals surface area contributed by atoms with Gasteiger partial charge >= 0.3 is 0 Å². The molecular formula is C24H33FN4. The summed E-state index contributed by atoms with van der Waals surface area (Å²) in [6.07, 6.45) is 5.19. The average Bonchev–Trinajstić information content (AvgIpc) is 2.64. The second-order valence-corrected chi connectivity index (χ2v) is 8.00. The third kappa shape index (κ3) is 4.78. The number of nitrogens with zero attached hydrogens (tertiary/aromatic N) is 2. The molecule has 5 heteroatoms. The van der Waals surface area contributed by atoms with Crippen LogP contribution in [0.4, 0.5) is 10.2 Å². The molecule has 0 fully saturated rings. The molecule has 1 aromatic rings. The van der Waals surface area contributed by atoms with Crippen LogP contribution >= 0.6 is 0 Å². The SMILES string of the molecule is C=C(C)/C=C\C(=C(C)C)c1cc(C)c(NC2=C(F)CCC(C)=C2C)n(C)/c1=N\N. The topological polar surface area (TPSA) is 55.3 Å². The number of allylic oxidation sites excluding steroid dienone is 8. The van der Waals surface area contributed by atoms with E-state index in [1.54, 1.807) is 0 Å². The van der Waals surface area contributed by atoms with Gasteiger partial charge in [0, 0.05) is 19.0 Å². The van der Waals surface area contributed by atoms with Crippen LogP contribution in [0.2, 0.25) is 0 Å². The minimum atomic E-state index is -0.114. The molecule has 156 valence electrons. The quantitative estimate of drug-likeness (QED) is 0.378. The van der Waals surface area contributed by atoms with E-state index >= 15 is 0 Å². The average molecular weight is 397 g/mol. The van der Waals surface area contributed by atoms with Crippen LogP contribution in [0.25, 0.3) is 5.57 Å². The van der Waals surface area contributed by atoms with Gasteiger partial charge in [-0.25, -0.2) is 4.39 Å². The number of nitrogens with one attached hydrogen (secondary N) is 1. The molecule has 29 heavy (non-hydrogen) atoms. The Kier molecular flexibility index (Phi) is 7.07. The summed E-state index contributed by atoms with van der Waals surface area (Å²) >= 11 is 0. The summed E-state index contributed by atoms with van der Waals surface area (Å²) in [6.45, 7) is 16.0. The maximum absolute atomic E-state index is 14.6. The van der Waals surface area contributed by atoms with Gasteiger partial charge in [0.1, 0.15) is 11.6 Å². The van der Waals surface area contributed by atoms with E-state index in [2.05, 4.69) is 37.8 Å². The lowest BCUT2D eigenvalue weighted by Gasteiger charge is -2.24. The molecular weight excluding hydrogens is 363 g/mol. The molecule has 0 radical (unpaired) electrons. The highest BCUT2D eigenvalue weighted by atomic mass is 19.1. The second kappa shape index (κ2) is 9.12. The standard InChI is InChI=1S/C24H33FN4/c1-14(2)9-11-19(15(3)4)20-13-17(6)23(29(8)24(20)28-26)27-22-18(7)16(5)10-12-21(22)25/h9,11,13,27H,1,10,12,26H2,2-8H3/b11-9-,28-24-. The number of rotatable bonds is 5. The summed E-state index contributed by atoms with van der Waals surface area (Å²) in [6, 6.07) is 2.05. The molecule has 0 amide bonds. The highest BCUT2D eigenvalue weighted by molar-refractivity contribution is 5.77. The summed E-state index contributed by atoms with van der Waals surface area (Å²) < 4.78 is 16.5. The maximum atomic E-state index is 14.6. The number of halogens is 1. The van der Waals surface area contributed by atoms with Crippen LogP contribution in [-0.2, 0) is 7.05 Å². The summed E-state index contributed by atoms with van der Waals surface area (Å²) in [4.78, 5) is 0. The second-order valence-electron chi connectivity index (χ2n) is 8.00. The zero-order chi connectivity index (χ0) is 21.9. The van der Waals surface area contributed by atoms with Crippen LogP contribution in [0.5, 0.6) is 0 Å². The Bertz CT molecular complexity index is 1030. The van der Waals surface area contributed by atoms with Crippen molar-refractivity contribution in [2.45, 2.75) is 54.4 Å². The van der Waals surface area contributed by atoms with Crippen molar-refractivity contribution in [1.82, 2.24) is 4.57 Å². The van der Waals surface area contributed by atoms with Gasteiger partial charge < -0.3 is 15.7 Å². The molecule has 0 aliphatic heterocycles. The molecule has 0 bridgehead atoms. The van der Waals surface area contributed by atoms with E-state index in [4.69, 9.17) is 5.84 Å². The van der Waals surface area contributed by atoms with Gasteiger partial charge in [-0.05, 0) is 70.7 Å². The van der Waals surface area contributed by atoms with Gasteiger partial charge in [-0.1, -0.05) is 35.5 Å². The van der Waals surface area contributed by atoms with E-state index in [0.29, 0.717) is 17.6 Å². The molecule has 2 rings (SSSR count). The van der Waals surface area contributed by atoms with Crippen molar-refractivity contribution in [2.24, 2.45) is 18.0 Å². The molecule has 0 aromatic carbocycles. The molecule has 0 unspecified atom stereocenters. The minimum Gasteiger partial charge on any atom is -0.339 e. The predicted molar refractivity (Wildman–Crippen MR) is 121 cm³/mol. The molecule has 1 aromatic heterocycles. The van der Waals surface area contributed by atoms with Crippen molar-refractivity contribution in [3.8, 4) is 0 Å². The Hall–Kier alpha value is -2.82. The van der Waals surface area contributed by atoms with Gasteiger partial charge in [-0.15, -0.1) is 0 Å². The summed E-state index contributed by atoms with van der Waals surface area (Å²) in [7, 11) is 1.89. The lowest BCUT2D eigenvalue weighted by atomic mass is 9.96. The predicted octanol–water partition coefficient (Wildman–Crippen LogP) is 5.76. The highest BCUT2D eigenvalue weighted by Gasteiger charge is 2.19. The normalized spacial score (nSPS) is 15.4. The first-order valence-electron chi connectivity index (χ1n) is 9.86. The van der Waals surface area contributed by atoms with Crippen molar-refractivity contribution in [2.75, 3.05) is 5.32 Å². The number of aromatic nitrogens is 1. The smallest absolute Gasteiger partial charge is 0.161 e. The van der Waals surface area contributed by atoms with E-state index in [1.807, 2.05) is 50.6 Å². The maximum Gasteiger partial charge on any atom is 0.161 e. The third-order valence-corrected chi connectivity index (χ3v) is 5.36. The van der Waals surface area contributed by atoms with Gasteiger partial charge in [0.25, 0.3) is 0 Å². The first-order valence-corrected chi connectivity index (χ1v) is 9.86. The molecule has 0 spiro atoms. The van der Waals surface area contributed by atoms with E-state index in [9.17, 15) is 4.39 Å². The monoisotopic (exact) mass is 396 g/mol. The van der Waals surface area contributed by atoms with Gasteiger partial charge in [-0.3, -0.25) is 0 Å². The fourth-order valence-electron chi connectivity index (χ4n) is 3.50. The minimum absolute atomic E-state index is 0.114. The van der Waals surface area contributed by atoms with Crippen LogP contribution in [-0.4, -0.2) is 4.57 Å². The molecule has 1 heterocycles. The van der Waals surface area contributed by atoms with Crippen molar-refractivity contribution in [3.05, 3.63) is 75.2 Å². The number of anilines is 1. The summed E-state index contributed by atoms with van der Waals surface area (Å²) in [5.74, 6) is 6.45. The lowest BCUT2D eigenvalue weighted by Crippen LogP contribution is -2.28. The van der Waals surface area contributed by atoms with Gasteiger partial charge in [-0.2, -0.15) is 5.10 Å². The molecule has 3 N–H and O–H groups in total. The van der Waals surface area contributed by atoms with Crippen molar-refractivity contribution in [3.63, 3.8) is 0 Å². The van der Waals surface area contributed by atoms with Gasteiger partial charge in [0.2, 0.25) is 0 Å². The lowest BCUT2D eigenvalue weighted by molar-refractivity contribution is 0.568. The number of hydrogen-bond acceptors (Lipinski definition) is 3. The van der Waals surface area contributed by atoms with E-state index in [-0.39, 0.29) is 5.83 Å². The van der Waals surface area contributed by atoms with Gasteiger partial charge in [0.05, 0.1) is 5.70 Å². The Morgan fingerprint density at radius 1 is 1.21 bits per heavy atom. The first kappa shape index (κ1) is 22.5. The molecule has 0 atom stereocenters. The van der Waals surface area contributed by atoms with Gasteiger partial charge in [0.15, 0.2) is 5.49 Å². The number of pyridine rings is 1. The fraction of sp³-hybridized carbons (Fsp3) is 0.375. The Morgan fingerprint density at radius 2 is 1.86 bits per heavy atom. The van der Waals surface area contributed by atoms with E-state index < -0.39 is 0 Å². The zero-order valence-electron chi connectivity index (χ0n) is 18.7. The Labute approximate surface area is 173 Å². The summed E-state index contributed by atoms with van der Waals surface area (Å²) in [5.41, 5.74) is 8.38. The van der Waals surface area contributed by atoms with Crippen LogP contribution < -0.4 is 16.6 Å². The zero-order valence-corrected chi connectivity index (χ0v) is 18.7. The van der Waals surface area contributed by atoms with E-state index in [0.717, 1.165) is 45.7 Å². The van der Waals surface area contributed by atoms with Crippen LogP contribution in [0.3, 0.4) is 0 Å². The largest absolute Gasteiger partial charge is 0.339 e.